The van der Waals surface area contributed by atoms with Crippen molar-refractivity contribution in [2.75, 3.05) is 6.54 Å². The van der Waals surface area contributed by atoms with E-state index in [9.17, 15) is 24.0 Å². The number of nitrogens with one attached hydrogen (secondary N) is 1. The number of hydrogen-bond donors (Lipinski definition) is 1. The lowest BCUT2D eigenvalue weighted by atomic mass is 10.3. The normalized spacial score (nSPS) is 22.7. The summed E-state index contributed by atoms with van der Waals surface area (Å²) < 4.78 is 4.71. The van der Waals surface area contributed by atoms with Crippen LogP contribution in [-0.4, -0.2) is 47.1 Å². The third kappa shape index (κ3) is 2.26. The minimum Gasteiger partial charge on any atom is -0.450 e. The van der Waals surface area contributed by atoms with Gasteiger partial charge in [-0.3, -0.25) is 34.2 Å². The van der Waals surface area contributed by atoms with Gasteiger partial charge in [-0.05, 0) is 0 Å². The molecule has 1 atom stereocenters. The Labute approximate surface area is 101 Å². The molecule has 0 aromatic heterocycles. The van der Waals surface area contributed by atoms with Gasteiger partial charge in [-0.25, -0.2) is 0 Å². The highest BCUT2D eigenvalue weighted by atomic mass is 16.5. The van der Waals surface area contributed by atoms with Crippen LogP contribution in [0, 0.1) is 0 Å². The SMILES string of the molecule is O=C1CC(OC(=O)CN2C(=O)C=CC2=O)C(=O)N1. The molecule has 4 amide bonds. The third-order valence-electron chi connectivity index (χ3n) is 2.39. The molecule has 0 spiro atoms. The molecule has 1 unspecified atom stereocenters. The fourth-order valence-corrected chi connectivity index (χ4v) is 1.54. The van der Waals surface area contributed by atoms with Crippen molar-refractivity contribution in [1.29, 1.82) is 0 Å². The predicted octanol–water partition coefficient (Wildman–Crippen LogP) is -2.13. The number of hydrogen-bond acceptors (Lipinski definition) is 6. The van der Waals surface area contributed by atoms with E-state index in [0.29, 0.717) is 4.90 Å². The van der Waals surface area contributed by atoms with Crippen LogP contribution in [0.15, 0.2) is 12.2 Å². The van der Waals surface area contributed by atoms with Crippen LogP contribution in [0.2, 0.25) is 0 Å². The van der Waals surface area contributed by atoms with Crippen LogP contribution in [0.3, 0.4) is 0 Å². The van der Waals surface area contributed by atoms with Gasteiger partial charge in [0, 0.05) is 12.2 Å². The minimum absolute atomic E-state index is 0.245. The number of carbonyl (C=O) groups excluding carboxylic acids is 5. The van der Waals surface area contributed by atoms with E-state index >= 15 is 0 Å². The van der Waals surface area contributed by atoms with Gasteiger partial charge in [-0.15, -0.1) is 0 Å². The van der Waals surface area contributed by atoms with Gasteiger partial charge in [0.25, 0.3) is 17.7 Å². The minimum atomic E-state index is -1.19. The van der Waals surface area contributed by atoms with Crippen LogP contribution < -0.4 is 5.32 Å². The number of nitrogens with zero attached hydrogens (tertiary/aromatic N) is 1. The fraction of sp³-hybridized carbons (Fsp3) is 0.300. The van der Waals surface area contributed by atoms with Crippen molar-refractivity contribution < 1.29 is 28.7 Å². The van der Waals surface area contributed by atoms with Crippen molar-refractivity contribution in [2.24, 2.45) is 0 Å². The largest absolute Gasteiger partial charge is 0.450 e. The molecule has 2 rings (SSSR count). The summed E-state index contributed by atoms with van der Waals surface area (Å²) in [5, 5.41) is 1.97. The zero-order valence-electron chi connectivity index (χ0n) is 9.04. The zero-order chi connectivity index (χ0) is 13.3. The summed E-state index contributed by atoms with van der Waals surface area (Å²) >= 11 is 0. The first-order valence-electron chi connectivity index (χ1n) is 5.04. The maximum atomic E-state index is 11.4. The topological polar surface area (TPSA) is 110 Å². The quantitative estimate of drug-likeness (QED) is 0.454. The summed E-state index contributed by atoms with van der Waals surface area (Å²) in [7, 11) is 0. The third-order valence-corrected chi connectivity index (χ3v) is 2.39. The van der Waals surface area contributed by atoms with Gasteiger partial charge >= 0.3 is 5.97 Å². The monoisotopic (exact) mass is 252 g/mol. The molecule has 8 nitrogen and oxygen atoms in total. The second-order valence-electron chi connectivity index (χ2n) is 3.69. The molecule has 94 valence electrons. The molecular formula is C10H8N2O6. The van der Waals surface area contributed by atoms with Crippen molar-refractivity contribution in [3.63, 3.8) is 0 Å². The smallest absolute Gasteiger partial charge is 0.327 e. The van der Waals surface area contributed by atoms with Gasteiger partial charge in [-0.2, -0.15) is 0 Å². The molecule has 0 saturated carbocycles. The van der Waals surface area contributed by atoms with Crippen molar-refractivity contribution in [3.05, 3.63) is 12.2 Å². The molecule has 18 heavy (non-hydrogen) atoms. The first kappa shape index (κ1) is 12.0. The zero-order valence-corrected chi connectivity index (χ0v) is 9.04. The first-order chi connectivity index (χ1) is 8.47. The van der Waals surface area contributed by atoms with E-state index in [1.807, 2.05) is 5.32 Å². The molecule has 1 fully saturated rings. The lowest BCUT2D eigenvalue weighted by molar-refractivity contribution is -0.158. The molecule has 0 aromatic carbocycles. The molecular weight excluding hydrogens is 244 g/mol. The summed E-state index contributed by atoms with van der Waals surface area (Å²) in [6, 6.07) is 0. The number of carbonyl (C=O) groups is 5. The van der Waals surface area contributed by atoms with Crippen LogP contribution in [0.25, 0.3) is 0 Å². The predicted molar refractivity (Wildman–Crippen MR) is 53.5 cm³/mol. The Morgan fingerprint density at radius 3 is 2.39 bits per heavy atom. The standard InChI is InChI=1S/C10H8N2O6/c13-6-3-5(10(17)11-6)18-9(16)4-12-7(14)1-2-8(12)15/h1-2,5H,3-4H2,(H,11,13,17). The molecule has 2 aliphatic rings. The second-order valence-corrected chi connectivity index (χ2v) is 3.69. The number of rotatable bonds is 3. The van der Waals surface area contributed by atoms with Crippen LogP contribution in [0.5, 0.6) is 0 Å². The average molecular weight is 252 g/mol. The second kappa shape index (κ2) is 4.40. The highest BCUT2D eigenvalue weighted by Gasteiger charge is 2.35. The number of ether oxygens (including phenoxy) is 1. The average Bonchev–Trinajstić information content (AvgIpc) is 2.75. The summed E-state index contributed by atoms with van der Waals surface area (Å²) in [4.78, 5) is 56.3. The van der Waals surface area contributed by atoms with Crippen LogP contribution >= 0.6 is 0 Å². The maximum Gasteiger partial charge on any atom is 0.327 e. The maximum absolute atomic E-state index is 11.4. The highest BCUT2D eigenvalue weighted by Crippen LogP contribution is 2.09. The first-order valence-corrected chi connectivity index (χ1v) is 5.04. The van der Waals surface area contributed by atoms with Gasteiger partial charge in [0.1, 0.15) is 6.54 Å². The Balaban J connectivity index is 1.90. The summed E-state index contributed by atoms with van der Waals surface area (Å²) in [6.07, 6.45) is 0.624. The van der Waals surface area contributed by atoms with Gasteiger partial charge in [0.15, 0.2) is 6.10 Å². The van der Waals surface area contributed by atoms with E-state index in [0.717, 1.165) is 12.2 Å². The molecule has 0 aliphatic carbocycles. The Morgan fingerprint density at radius 2 is 1.89 bits per heavy atom. The molecule has 0 radical (unpaired) electrons. The Hall–Kier alpha value is -2.51. The molecule has 2 heterocycles. The van der Waals surface area contributed by atoms with E-state index in [4.69, 9.17) is 4.74 Å². The molecule has 8 heteroatoms. The Morgan fingerprint density at radius 1 is 1.28 bits per heavy atom. The van der Waals surface area contributed by atoms with Gasteiger partial charge < -0.3 is 4.74 Å². The van der Waals surface area contributed by atoms with E-state index in [1.54, 1.807) is 0 Å². The van der Waals surface area contributed by atoms with Crippen LogP contribution in [0.4, 0.5) is 0 Å². The van der Waals surface area contributed by atoms with Crippen molar-refractivity contribution in [3.8, 4) is 0 Å². The lowest BCUT2D eigenvalue weighted by Gasteiger charge is -2.14. The molecule has 1 N–H and O–H groups in total. The Kier molecular flexibility index (Phi) is 2.92. The van der Waals surface area contributed by atoms with Gasteiger partial charge in [0.2, 0.25) is 5.91 Å². The summed E-state index contributed by atoms with van der Waals surface area (Å²) in [6.45, 7) is -0.581. The summed E-state index contributed by atoms with van der Waals surface area (Å²) in [5.41, 5.74) is 0. The summed E-state index contributed by atoms with van der Waals surface area (Å²) in [5.74, 6) is -3.40. The van der Waals surface area contributed by atoms with Gasteiger partial charge in [-0.1, -0.05) is 0 Å². The molecule has 2 aliphatic heterocycles. The van der Waals surface area contributed by atoms with E-state index in [-0.39, 0.29) is 6.42 Å². The van der Waals surface area contributed by atoms with Crippen molar-refractivity contribution >= 4 is 29.6 Å². The van der Waals surface area contributed by atoms with Crippen molar-refractivity contribution in [1.82, 2.24) is 10.2 Å². The van der Waals surface area contributed by atoms with E-state index in [1.165, 1.54) is 0 Å². The van der Waals surface area contributed by atoms with Crippen LogP contribution in [0.1, 0.15) is 6.42 Å². The van der Waals surface area contributed by atoms with Crippen molar-refractivity contribution in [2.45, 2.75) is 12.5 Å². The number of esters is 1. The fourth-order valence-electron chi connectivity index (χ4n) is 1.54. The number of amides is 4. The van der Waals surface area contributed by atoms with E-state index in [2.05, 4.69) is 0 Å². The Bertz CT molecular complexity index is 477. The number of imide groups is 2. The molecule has 0 aromatic rings. The van der Waals surface area contributed by atoms with Gasteiger partial charge in [0.05, 0.1) is 6.42 Å². The molecule has 1 saturated heterocycles. The van der Waals surface area contributed by atoms with E-state index < -0.39 is 42.2 Å². The lowest BCUT2D eigenvalue weighted by Crippen LogP contribution is -2.38. The molecule has 0 bridgehead atoms. The highest BCUT2D eigenvalue weighted by molar-refractivity contribution is 6.14. The van der Waals surface area contributed by atoms with Crippen LogP contribution in [-0.2, 0) is 28.7 Å².